The number of hydrogen-bond acceptors (Lipinski definition) is 14. The number of amides is 12. The first-order valence-corrected chi connectivity index (χ1v) is 37.9. The van der Waals surface area contributed by atoms with Crippen LogP contribution in [0.5, 0.6) is 0 Å². The first-order chi connectivity index (χ1) is 49.7. The zero-order valence-corrected chi connectivity index (χ0v) is 65.9. The Bertz CT molecular complexity index is 3290. The molecule has 592 valence electrons. The van der Waals surface area contributed by atoms with Crippen LogP contribution in [-0.4, -0.2) is 281 Å². The number of rotatable bonds is 17. The van der Waals surface area contributed by atoms with Crippen LogP contribution < -0.4 is 21.3 Å². The third kappa shape index (κ3) is 25.8. The third-order valence-corrected chi connectivity index (χ3v) is 20.7. The topological polar surface area (TPSA) is 302 Å². The maximum absolute atomic E-state index is 15.7. The average Bonchev–Trinajstić information content (AvgIpc) is 0.813. The van der Waals surface area contributed by atoms with Gasteiger partial charge in [0.25, 0.3) is 5.92 Å². The van der Waals surface area contributed by atoms with E-state index in [4.69, 9.17) is 0 Å². The molecule has 28 heteroatoms. The summed E-state index contributed by atoms with van der Waals surface area (Å²) < 4.78 is 29.9. The minimum Gasteiger partial charge on any atom is -0.391 e. The van der Waals surface area contributed by atoms with E-state index in [0.717, 1.165) is 21.1 Å². The molecule has 3 fully saturated rings. The number of benzene rings is 2. The molecule has 5 rings (SSSR count). The predicted octanol–water partition coefficient (Wildman–Crippen LogP) is 4.73. The number of likely N-dealkylation sites (tertiary alicyclic amines) is 2. The molecule has 3 aliphatic rings. The quantitative estimate of drug-likeness (QED) is 0.143. The molecule has 0 radical (unpaired) electrons. The van der Waals surface area contributed by atoms with Crippen LogP contribution in [0.4, 0.5) is 8.78 Å². The van der Waals surface area contributed by atoms with E-state index in [2.05, 4.69) is 21.3 Å². The highest BCUT2D eigenvalue weighted by Gasteiger charge is 2.45. The van der Waals surface area contributed by atoms with Gasteiger partial charge in [0, 0.05) is 101 Å². The number of halogens is 2. The van der Waals surface area contributed by atoms with Crippen molar-refractivity contribution >= 4 is 70.9 Å². The van der Waals surface area contributed by atoms with Crippen molar-refractivity contribution in [1.29, 1.82) is 0 Å². The van der Waals surface area contributed by atoms with Crippen molar-refractivity contribution in [3.8, 4) is 0 Å². The Morgan fingerprint density at radius 1 is 0.481 bits per heavy atom. The van der Waals surface area contributed by atoms with Crippen molar-refractivity contribution in [2.75, 3.05) is 88.6 Å². The highest BCUT2D eigenvalue weighted by Crippen LogP contribution is 2.28. The van der Waals surface area contributed by atoms with E-state index in [-0.39, 0.29) is 114 Å². The van der Waals surface area contributed by atoms with Crippen LogP contribution in [0.15, 0.2) is 60.7 Å². The monoisotopic (exact) mass is 1490 g/mol. The summed E-state index contributed by atoms with van der Waals surface area (Å²) in [4.78, 5) is 191. The lowest BCUT2D eigenvalue weighted by Gasteiger charge is -2.38. The summed E-state index contributed by atoms with van der Waals surface area (Å²) in [7, 11) is 9.82. The molecule has 0 aliphatic carbocycles. The largest absolute Gasteiger partial charge is 0.391 e. The standard InChI is InChI=1S/C78H123F2N13O13/c1-49(2)41-57-72(101)89(15)62(44-52(7)8)71(100)84-67(54(10)94)77(106)88(14)60(34-40-92-37-28-35-78(79,80)48-92)75(104)86(12)53(9)68(97)81-59(74(103)93-38-25-20-26-39-93)47-66(96)85(11)36-27-33-65(95)87(13)61(43-51(5)6)69(98)82-58(42-50(3)4)73(102)91(17)64(46-56-31-23-19-24-32-56)76(105)90(16)63(70(99)83-57)45-55-29-21-18-22-30-55/h18-19,21-24,29-32,49-54,57-64,67,94H,20,25-28,33-48H2,1-17H3,(H,81,97)(H,82,98)(H,83,99)(H,84,100)/t53-,54+,57-,58-,59-,60-,61-,62-,63-,64-,67-/m0/s1. The van der Waals surface area contributed by atoms with Gasteiger partial charge in [0.1, 0.15) is 60.4 Å². The highest BCUT2D eigenvalue weighted by molar-refractivity contribution is 6.00. The summed E-state index contributed by atoms with van der Waals surface area (Å²) >= 11 is 0. The van der Waals surface area contributed by atoms with Crippen molar-refractivity contribution in [1.82, 2.24) is 65.4 Å². The fourth-order valence-corrected chi connectivity index (χ4v) is 14.1. The second kappa shape index (κ2) is 41.3. The van der Waals surface area contributed by atoms with Gasteiger partial charge in [0.2, 0.25) is 70.9 Å². The van der Waals surface area contributed by atoms with Crippen molar-refractivity contribution in [3.05, 3.63) is 71.8 Å². The van der Waals surface area contributed by atoms with Gasteiger partial charge < -0.3 is 65.6 Å². The Morgan fingerprint density at radius 3 is 1.43 bits per heavy atom. The fraction of sp³-hybridized carbons (Fsp3) is 0.692. The molecular weight excluding hydrogens is 1360 g/mol. The number of likely N-dealkylation sites (N-methyl/N-ethyl adjacent to an activating group) is 6. The number of piperidine rings is 2. The van der Waals surface area contributed by atoms with E-state index in [0.29, 0.717) is 37.1 Å². The zero-order valence-electron chi connectivity index (χ0n) is 65.9. The summed E-state index contributed by atoms with van der Waals surface area (Å²) in [6.07, 6.45) is -0.239. The lowest BCUT2D eigenvalue weighted by atomic mass is 9.96. The smallest absolute Gasteiger partial charge is 0.260 e. The Balaban J connectivity index is 1.67. The van der Waals surface area contributed by atoms with Gasteiger partial charge in [-0.25, -0.2) is 8.78 Å². The van der Waals surface area contributed by atoms with Crippen LogP contribution in [0.2, 0.25) is 0 Å². The molecule has 0 aromatic heterocycles. The number of aliphatic hydroxyl groups is 1. The lowest BCUT2D eigenvalue weighted by Crippen LogP contribution is -2.63. The normalized spacial score (nSPS) is 26.1. The van der Waals surface area contributed by atoms with Crippen LogP contribution in [0.25, 0.3) is 0 Å². The average molecular weight is 1490 g/mol. The Hall–Kier alpha value is -8.14. The van der Waals surface area contributed by atoms with E-state index >= 15 is 33.6 Å². The van der Waals surface area contributed by atoms with Crippen molar-refractivity contribution in [2.45, 2.75) is 238 Å². The molecule has 12 amide bonds. The summed E-state index contributed by atoms with van der Waals surface area (Å²) in [5.74, 6) is -12.4. The van der Waals surface area contributed by atoms with Gasteiger partial charge >= 0.3 is 0 Å². The van der Waals surface area contributed by atoms with E-state index in [1.54, 1.807) is 79.4 Å². The molecule has 106 heavy (non-hydrogen) atoms. The maximum atomic E-state index is 15.7. The molecular formula is C78H123F2N13O13. The van der Waals surface area contributed by atoms with Gasteiger partial charge in [-0.3, -0.25) is 62.4 Å². The molecule has 0 saturated carbocycles. The summed E-state index contributed by atoms with van der Waals surface area (Å²) in [6.45, 7) is 17.6. The van der Waals surface area contributed by atoms with Gasteiger partial charge in [-0.1, -0.05) is 116 Å². The molecule has 0 spiro atoms. The molecule has 2 aromatic rings. The molecule has 26 nitrogen and oxygen atoms in total. The number of aliphatic hydroxyl groups excluding tert-OH is 1. The second-order valence-electron chi connectivity index (χ2n) is 31.3. The van der Waals surface area contributed by atoms with Crippen LogP contribution in [0.1, 0.15) is 164 Å². The maximum Gasteiger partial charge on any atom is 0.260 e. The zero-order chi connectivity index (χ0) is 79.2. The lowest BCUT2D eigenvalue weighted by molar-refractivity contribution is -0.151. The first-order valence-electron chi connectivity index (χ1n) is 37.9. The molecule has 5 N–H and O–H groups in total. The number of hydrogen-bond donors (Lipinski definition) is 5. The van der Waals surface area contributed by atoms with E-state index in [1.807, 2.05) is 41.5 Å². The van der Waals surface area contributed by atoms with Crippen molar-refractivity contribution in [3.63, 3.8) is 0 Å². The van der Waals surface area contributed by atoms with E-state index < -0.39 is 156 Å². The van der Waals surface area contributed by atoms with Gasteiger partial charge in [0.15, 0.2) is 0 Å². The Labute approximate surface area is 627 Å². The SMILES string of the molecule is CC(C)C[C@@H]1NC(=O)[C@H](Cc2ccccc2)N(C)C(=O)[C@H](Cc2ccccc2)N(C)C(=O)[C@H](CC(C)C)NC(=O)[C@H](CC(C)C)N(C)C(=O)CCCN(C)C(=O)C[C@@H](C(=O)N2CCCCC2)NC(=O)[C@H](C)N(C)C(=O)[C@H](CCN2CCCC(F)(F)C2)N(C)C(=O)[C@H]([C@@H](C)O)NC(=O)[C@H](CC(C)C)N(C)C1=O. The molecule has 2 aromatic carbocycles. The van der Waals surface area contributed by atoms with Gasteiger partial charge in [0.05, 0.1) is 19.1 Å². The number of carbonyl (C=O) groups is 12. The van der Waals surface area contributed by atoms with Crippen LogP contribution >= 0.6 is 0 Å². The number of alkyl halides is 2. The fourth-order valence-electron chi connectivity index (χ4n) is 14.1. The van der Waals surface area contributed by atoms with E-state index in [9.17, 15) is 37.9 Å². The van der Waals surface area contributed by atoms with Gasteiger partial charge in [-0.15, -0.1) is 0 Å². The minimum absolute atomic E-state index is 0.00544. The molecule has 3 heterocycles. The molecule has 3 saturated heterocycles. The molecule has 0 unspecified atom stereocenters. The Kier molecular flexibility index (Phi) is 34.5. The summed E-state index contributed by atoms with van der Waals surface area (Å²) in [6, 6.07) is 4.07. The first kappa shape index (κ1) is 88.5. The van der Waals surface area contributed by atoms with Crippen LogP contribution in [0, 0.1) is 23.7 Å². The number of nitrogens with zero attached hydrogens (tertiary/aromatic N) is 9. The highest BCUT2D eigenvalue weighted by atomic mass is 19.3. The van der Waals surface area contributed by atoms with Gasteiger partial charge in [-0.05, 0) is 119 Å². The molecule has 3 aliphatic heterocycles. The Morgan fingerprint density at radius 2 is 0.934 bits per heavy atom. The van der Waals surface area contributed by atoms with E-state index in [1.165, 1.54) is 87.7 Å². The predicted molar refractivity (Wildman–Crippen MR) is 400 cm³/mol. The number of nitrogens with one attached hydrogen (secondary N) is 4. The van der Waals surface area contributed by atoms with Crippen LogP contribution in [-0.2, 0) is 70.4 Å². The van der Waals surface area contributed by atoms with Gasteiger partial charge in [-0.2, -0.15) is 0 Å². The number of carbonyl (C=O) groups excluding carboxylic acids is 12. The molecule has 0 bridgehead atoms. The second-order valence-corrected chi connectivity index (χ2v) is 31.3. The van der Waals surface area contributed by atoms with Crippen molar-refractivity contribution < 1.29 is 71.4 Å². The summed E-state index contributed by atoms with van der Waals surface area (Å²) in [5, 5.41) is 22.8. The third-order valence-electron chi connectivity index (χ3n) is 20.7. The van der Waals surface area contributed by atoms with Crippen LogP contribution in [0.3, 0.4) is 0 Å². The van der Waals surface area contributed by atoms with Crippen molar-refractivity contribution in [2.24, 2.45) is 23.7 Å². The summed E-state index contributed by atoms with van der Waals surface area (Å²) in [5.41, 5.74) is 1.31. The molecule has 11 atom stereocenters. The minimum atomic E-state index is -3.05.